The Kier molecular flexibility index (Phi) is 4.15. The lowest BCUT2D eigenvalue weighted by atomic mass is 10.2. The van der Waals surface area contributed by atoms with Gasteiger partial charge in [0.25, 0.3) is 10.0 Å². The summed E-state index contributed by atoms with van der Waals surface area (Å²) in [4.78, 5) is 14.4. The minimum absolute atomic E-state index is 0.0946. The average molecular weight is 327 g/mol. The third kappa shape index (κ3) is 3.32. The van der Waals surface area contributed by atoms with E-state index in [9.17, 15) is 13.2 Å². The van der Waals surface area contributed by atoms with Crippen molar-refractivity contribution < 1.29 is 18.3 Å². The Morgan fingerprint density at radius 2 is 2.00 bits per heavy atom. The number of nitrogens with zero attached hydrogens (tertiary/aromatic N) is 1. The molecule has 0 bridgehead atoms. The monoisotopic (exact) mass is 326 g/mol. The van der Waals surface area contributed by atoms with Crippen LogP contribution < -0.4 is 4.72 Å². The lowest BCUT2D eigenvalue weighted by molar-refractivity contribution is 0.0696. The second kappa shape index (κ2) is 5.71. The van der Waals surface area contributed by atoms with E-state index in [1.807, 2.05) is 0 Å². The molecule has 0 saturated heterocycles. The van der Waals surface area contributed by atoms with Crippen LogP contribution >= 0.6 is 11.6 Å². The van der Waals surface area contributed by atoms with E-state index in [0.717, 1.165) is 12.3 Å². The molecule has 1 aromatic heterocycles. The van der Waals surface area contributed by atoms with Crippen LogP contribution in [-0.2, 0) is 10.0 Å². The summed E-state index contributed by atoms with van der Waals surface area (Å²) in [6.07, 6.45) is 0.982. The van der Waals surface area contributed by atoms with Crippen LogP contribution in [0.1, 0.15) is 15.9 Å². The first-order chi connectivity index (χ1) is 9.81. The molecule has 2 N–H and O–H groups in total. The van der Waals surface area contributed by atoms with Gasteiger partial charge >= 0.3 is 5.97 Å². The number of aromatic nitrogens is 1. The first-order valence-electron chi connectivity index (χ1n) is 5.78. The number of nitrogens with one attached hydrogen (secondary N) is 1. The SMILES string of the molecule is Cc1cccc(Cl)c1NS(=O)(=O)c1ccc(C(=O)O)cn1. The molecule has 1 aromatic carbocycles. The van der Waals surface area contributed by atoms with Gasteiger partial charge in [0.05, 0.1) is 16.3 Å². The zero-order valence-corrected chi connectivity index (χ0v) is 12.4. The van der Waals surface area contributed by atoms with Crippen molar-refractivity contribution in [2.24, 2.45) is 0 Å². The molecule has 0 amide bonds. The fourth-order valence-corrected chi connectivity index (χ4v) is 3.02. The topological polar surface area (TPSA) is 96.4 Å². The largest absolute Gasteiger partial charge is 0.478 e. The molecule has 21 heavy (non-hydrogen) atoms. The lowest BCUT2D eigenvalue weighted by Crippen LogP contribution is -2.16. The molecule has 0 aliphatic heterocycles. The van der Waals surface area contributed by atoms with E-state index >= 15 is 0 Å². The van der Waals surface area contributed by atoms with Gasteiger partial charge in [-0.2, -0.15) is 8.42 Å². The fraction of sp³-hybridized carbons (Fsp3) is 0.0769. The summed E-state index contributed by atoms with van der Waals surface area (Å²) < 4.78 is 26.8. The molecule has 0 atom stereocenters. The number of carboxylic acid groups (broad SMARTS) is 1. The third-order valence-corrected chi connectivity index (χ3v) is 4.30. The van der Waals surface area contributed by atoms with Gasteiger partial charge in [-0.15, -0.1) is 0 Å². The first-order valence-corrected chi connectivity index (χ1v) is 7.64. The van der Waals surface area contributed by atoms with Crippen LogP contribution in [0.5, 0.6) is 0 Å². The van der Waals surface area contributed by atoms with Gasteiger partial charge in [0, 0.05) is 6.20 Å². The summed E-state index contributed by atoms with van der Waals surface area (Å²) in [5, 5.41) is 8.74. The van der Waals surface area contributed by atoms with Gasteiger partial charge in [0.1, 0.15) is 0 Å². The Balaban J connectivity index is 2.36. The molecule has 0 spiro atoms. The molecule has 6 nitrogen and oxygen atoms in total. The van der Waals surface area contributed by atoms with Crippen molar-refractivity contribution in [3.63, 3.8) is 0 Å². The zero-order chi connectivity index (χ0) is 15.6. The maximum Gasteiger partial charge on any atom is 0.337 e. The number of benzene rings is 1. The second-order valence-corrected chi connectivity index (χ2v) is 6.26. The van der Waals surface area contributed by atoms with Gasteiger partial charge in [-0.05, 0) is 30.7 Å². The molecule has 0 saturated carbocycles. The van der Waals surface area contributed by atoms with Gasteiger partial charge in [-0.25, -0.2) is 9.78 Å². The number of anilines is 1. The number of aromatic carboxylic acids is 1. The highest BCUT2D eigenvalue weighted by Gasteiger charge is 2.19. The van der Waals surface area contributed by atoms with E-state index in [2.05, 4.69) is 9.71 Å². The highest BCUT2D eigenvalue weighted by molar-refractivity contribution is 7.92. The second-order valence-electron chi connectivity index (χ2n) is 4.23. The molecule has 2 aromatic rings. The number of hydrogen-bond acceptors (Lipinski definition) is 4. The molecule has 0 radical (unpaired) electrons. The molecular weight excluding hydrogens is 316 g/mol. The van der Waals surface area contributed by atoms with Crippen molar-refractivity contribution in [3.05, 3.63) is 52.7 Å². The van der Waals surface area contributed by atoms with Gasteiger partial charge in [-0.1, -0.05) is 23.7 Å². The van der Waals surface area contributed by atoms with E-state index in [1.165, 1.54) is 6.07 Å². The summed E-state index contributed by atoms with van der Waals surface area (Å²) in [5.41, 5.74) is 0.833. The first kappa shape index (κ1) is 15.3. The Hall–Kier alpha value is -2.12. The Labute approximate surface area is 126 Å². The number of carbonyl (C=O) groups is 1. The van der Waals surface area contributed by atoms with E-state index in [0.29, 0.717) is 5.56 Å². The number of halogens is 1. The maximum absolute atomic E-state index is 12.2. The molecule has 110 valence electrons. The predicted octanol–water partition coefficient (Wildman–Crippen LogP) is 2.54. The molecule has 0 aliphatic rings. The van der Waals surface area contributed by atoms with Crippen molar-refractivity contribution in [1.82, 2.24) is 4.98 Å². The van der Waals surface area contributed by atoms with E-state index in [-0.39, 0.29) is 21.3 Å². The minimum atomic E-state index is -3.94. The molecule has 0 fully saturated rings. The number of hydrogen-bond donors (Lipinski definition) is 2. The summed E-state index contributed by atoms with van der Waals surface area (Å²) in [5.74, 6) is -1.18. The summed E-state index contributed by atoms with van der Waals surface area (Å²) in [6, 6.07) is 7.27. The van der Waals surface area contributed by atoms with Crippen molar-refractivity contribution in [3.8, 4) is 0 Å². The smallest absolute Gasteiger partial charge is 0.337 e. The predicted molar refractivity (Wildman–Crippen MR) is 78.2 cm³/mol. The highest BCUT2D eigenvalue weighted by Crippen LogP contribution is 2.27. The van der Waals surface area contributed by atoms with E-state index in [1.54, 1.807) is 25.1 Å². The van der Waals surface area contributed by atoms with Crippen molar-refractivity contribution in [1.29, 1.82) is 0 Å². The molecule has 0 unspecified atom stereocenters. The van der Waals surface area contributed by atoms with Gasteiger partial charge in [0.15, 0.2) is 5.03 Å². The van der Waals surface area contributed by atoms with Crippen LogP contribution in [0.2, 0.25) is 5.02 Å². The molecule has 2 rings (SSSR count). The Morgan fingerprint density at radius 1 is 1.29 bits per heavy atom. The quantitative estimate of drug-likeness (QED) is 0.900. The van der Waals surface area contributed by atoms with Crippen LogP contribution in [0.15, 0.2) is 41.6 Å². The highest BCUT2D eigenvalue weighted by atomic mass is 35.5. The summed E-state index contributed by atoms with van der Waals surface area (Å²) >= 11 is 5.96. The number of rotatable bonds is 4. The Bertz CT molecular complexity index is 768. The molecule has 8 heteroatoms. The van der Waals surface area contributed by atoms with Gasteiger partial charge in [-0.3, -0.25) is 4.72 Å². The Morgan fingerprint density at radius 3 is 2.52 bits per heavy atom. The number of carboxylic acids is 1. The normalized spacial score (nSPS) is 11.1. The molecule has 0 aliphatic carbocycles. The van der Waals surface area contributed by atoms with Gasteiger partial charge in [0.2, 0.25) is 0 Å². The van der Waals surface area contributed by atoms with Crippen LogP contribution in [0.25, 0.3) is 0 Å². The number of para-hydroxylation sites is 1. The number of sulfonamides is 1. The maximum atomic E-state index is 12.2. The summed E-state index contributed by atoms with van der Waals surface area (Å²) in [7, 11) is -3.94. The third-order valence-electron chi connectivity index (χ3n) is 2.72. The number of aryl methyl sites for hydroxylation is 1. The van der Waals surface area contributed by atoms with E-state index < -0.39 is 16.0 Å². The summed E-state index contributed by atoms with van der Waals surface area (Å²) in [6.45, 7) is 1.71. The zero-order valence-electron chi connectivity index (χ0n) is 10.9. The van der Waals surface area contributed by atoms with E-state index in [4.69, 9.17) is 16.7 Å². The fourth-order valence-electron chi connectivity index (χ4n) is 1.61. The van der Waals surface area contributed by atoms with Crippen LogP contribution in [-0.4, -0.2) is 24.5 Å². The average Bonchev–Trinajstić information content (AvgIpc) is 2.43. The minimum Gasteiger partial charge on any atom is -0.478 e. The lowest BCUT2D eigenvalue weighted by Gasteiger charge is -2.11. The van der Waals surface area contributed by atoms with Gasteiger partial charge < -0.3 is 5.11 Å². The van der Waals surface area contributed by atoms with Crippen LogP contribution in [0.3, 0.4) is 0 Å². The van der Waals surface area contributed by atoms with Crippen LogP contribution in [0.4, 0.5) is 5.69 Å². The van der Waals surface area contributed by atoms with Crippen molar-refractivity contribution >= 4 is 33.3 Å². The molecular formula is C13H11ClN2O4S. The number of pyridine rings is 1. The molecule has 1 heterocycles. The van der Waals surface area contributed by atoms with Crippen LogP contribution in [0, 0.1) is 6.92 Å². The standard InChI is InChI=1S/C13H11ClN2O4S/c1-8-3-2-4-10(14)12(8)16-21(19,20)11-6-5-9(7-15-11)13(17)18/h2-7,16H,1H3,(H,17,18). The van der Waals surface area contributed by atoms with Crippen molar-refractivity contribution in [2.45, 2.75) is 11.9 Å². The van der Waals surface area contributed by atoms with Crippen molar-refractivity contribution in [2.75, 3.05) is 4.72 Å².